The van der Waals surface area contributed by atoms with Crippen molar-refractivity contribution in [1.29, 1.82) is 0 Å². The van der Waals surface area contributed by atoms with Gasteiger partial charge in [-0.3, -0.25) is 9.10 Å². The van der Waals surface area contributed by atoms with E-state index in [2.05, 4.69) is 21.2 Å². The van der Waals surface area contributed by atoms with Crippen LogP contribution in [0.15, 0.2) is 82.2 Å². The van der Waals surface area contributed by atoms with Crippen LogP contribution in [0.1, 0.15) is 30.9 Å². The minimum absolute atomic E-state index is 0.136. The van der Waals surface area contributed by atoms with Crippen molar-refractivity contribution in [1.82, 2.24) is 0 Å². The molecule has 3 aromatic carbocycles. The average Bonchev–Trinajstić information content (AvgIpc) is 2.73. The first-order valence-corrected chi connectivity index (χ1v) is 12.2. The summed E-state index contributed by atoms with van der Waals surface area (Å²) in [6, 6.07) is 21.0. The first-order valence-electron chi connectivity index (χ1n) is 9.92. The molecule has 0 aliphatic rings. The molecule has 0 aromatic heterocycles. The van der Waals surface area contributed by atoms with E-state index in [0.717, 1.165) is 19.9 Å². The fourth-order valence-electron chi connectivity index (χ4n) is 3.19. The maximum atomic E-state index is 13.4. The van der Waals surface area contributed by atoms with Crippen molar-refractivity contribution in [2.45, 2.75) is 31.6 Å². The second-order valence-electron chi connectivity index (χ2n) is 7.59. The molecule has 0 unspecified atom stereocenters. The third-order valence-electron chi connectivity index (χ3n) is 4.87. The molecule has 0 aliphatic carbocycles. The molecule has 0 bridgehead atoms. The molecule has 0 saturated carbocycles. The van der Waals surface area contributed by atoms with Crippen LogP contribution in [0, 0.1) is 6.92 Å². The van der Waals surface area contributed by atoms with Gasteiger partial charge >= 0.3 is 0 Å². The van der Waals surface area contributed by atoms with E-state index in [0.29, 0.717) is 11.4 Å². The summed E-state index contributed by atoms with van der Waals surface area (Å²) in [6.07, 6.45) is 0. The van der Waals surface area contributed by atoms with Gasteiger partial charge in [0.2, 0.25) is 5.91 Å². The molecule has 162 valence electrons. The van der Waals surface area contributed by atoms with E-state index in [1.165, 1.54) is 0 Å². The van der Waals surface area contributed by atoms with E-state index in [-0.39, 0.29) is 17.4 Å². The lowest BCUT2D eigenvalue weighted by atomic mass is 10.0. The molecular weight excluding hydrogens is 476 g/mol. The second kappa shape index (κ2) is 9.66. The highest BCUT2D eigenvalue weighted by Gasteiger charge is 2.27. The van der Waals surface area contributed by atoms with Crippen LogP contribution in [0.4, 0.5) is 11.4 Å². The summed E-state index contributed by atoms with van der Waals surface area (Å²) in [5.41, 5.74) is 3.05. The van der Waals surface area contributed by atoms with Gasteiger partial charge in [-0.1, -0.05) is 65.7 Å². The zero-order chi connectivity index (χ0) is 22.6. The molecule has 0 saturated heterocycles. The number of aryl methyl sites for hydroxylation is 1. The Kier molecular flexibility index (Phi) is 7.18. The largest absolute Gasteiger partial charge is 0.324 e. The maximum Gasteiger partial charge on any atom is 0.264 e. The molecule has 3 aromatic rings. The van der Waals surface area contributed by atoms with E-state index in [1.54, 1.807) is 48.5 Å². The number of carbonyl (C=O) groups is 1. The Hall–Kier alpha value is -2.64. The second-order valence-corrected chi connectivity index (χ2v) is 10.4. The fourth-order valence-corrected chi connectivity index (χ4v) is 4.88. The zero-order valence-corrected chi connectivity index (χ0v) is 20.1. The molecule has 7 heteroatoms. The van der Waals surface area contributed by atoms with Crippen molar-refractivity contribution < 1.29 is 13.2 Å². The van der Waals surface area contributed by atoms with Crippen LogP contribution in [0.3, 0.4) is 0 Å². The Labute approximate surface area is 192 Å². The molecule has 5 nitrogen and oxygen atoms in total. The number of carbonyl (C=O) groups excluding carboxylic acids is 1. The summed E-state index contributed by atoms with van der Waals surface area (Å²) in [7, 11) is -3.94. The van der Waals surface area contributed by atoms with Gasteiger partial charge in [-0.15, -0.1) is 0 Å². The lowest BCUT2D eigenvalue weighted by molar-refractivity contribution is -0.114. The normalized spacial score (nSPS) is 11.4. The Morgan fingerprint density at radius 1 is 0.968 bits per heavy atom. The zero-order valence-electron chi connectivity index (χ0n) is 17.7. The SMILES string of the molecule is Cc1ccc(S(=O)(=O)N(CC(=O)Nc2ccccc2C(C)C)c2ccc(Br)cc2)cc1. The van der Waals surface area contributed by atoms with Crippen LogP contribution in [0.2, 0.25) is 0 Å². The number of nitrogens with zero attached hydrogens (tertiary/aromatic N) is 1. The third-order valence-corrected chi connectivity index (χ3v) is 7.18. The quantitative estimate of drug-likeness (QED) is 0.451. The standard InChI is InChI=1S/C24H25BrN2O3S/c1-17(2)22-6-4-5-7-23(22)26-24(28)16-27(20-12-10-19(25)11-13-20)31(29,30)21-14-8-18(3)9-15-21/h4-15,17H,16H2,1-3H3,(H,26,28). The lowest BCUT2D eigenvalue weighted by Gasteiger charge is -2.24. The number of benzene rings is 3. The highest BCUT2D eigenvalue weighted by Crippen LogP contribution is 2.27. The summed E-state index contributed by atoms with van der Waals surface area (Å²) in [5.74, 6) is -0.193. The number of hydrogen-bond donors (Lipinski definition) is 1. The van der Waals surface area contributed by atoms with Crippen LogP contribution in [-0.4, -0.2) is 20.9 Å². The van der Waals surface area contributed by atoms with Crippen molar-refractivity contribution in [2.24, 2.45) is 0 Å². The summed E-state index contributed by atoms with van der Waals surface area (Å²) in [5, 5.41) is 2.88. The summed E-state index contributed by atoms with van der Waals surface area (Å²) >= 11 is 3.37. The number of amides is 1. The van der Waals surface area contributed by atoms with Gasteiger partial charge in [0.05, 0.1) is 10.6 Å². The van der Waals surface area contributed by atoms with E-state index < -0.39 is 15.9 Å². The maximum absolute atomic E-state index is 13.4. The molecule has 31 heavy (non-hydrogen) atoms. The first-order chi connectivity index (χ1) is 14.7. The smallest absolute Gasteiger partial charge is 0.264 e. The van der Waals surface area contributed by atoms with Crippen molar-refractivity contribution >= 4 is 43.2 Å². The van der Waals surface area contributed by atoms with Gasteiger partial charge in [-0.2, -0.15) is 0 Å². The molecule has 0 radical (unpaired) electrons. The number of hydrogen-bond acceptors (Lipinski definition) is 3. The summed E-state index contributed by atoms with van der Waals surface area (Å²) in [4.78, 5) is 13.1. The van der Waals surface area contributed by atoms with Crippen LogP contribution < -0.4 is 9.62 Å². The highest BCUT2D eigenvalue weighted by atomic mass is 79.9. The molecule has 0 aliphatic heterocycles. The van der Waals surface area contributed by atoms with Gasteiger partial charge < -0.3 is 5.32 Å². The summed E-state index contributed by atoms with van der Waals surface area (Å²) in [6.45, 7) is 5.63. The topological polar surface area (TPSA) is 66.5 Å². The van der Waals surface area contributed by atoms with Crippen molar-refractivity contribution in [3.63, 3.8) is 0 Å². The van der Waals surface area contributed by atoms with Crippen LogP contribution in [0.25, 0.3) is 0 Å². The van der Waals surface area contributed by atoms with Gasteiger partial charge in [0.1, 0.15) is 6.54 Å². The summed E-state index contributed by atoms with van der Waals surface area (Å²) < 4.78 is 28.8. The minimum atomic E-state index is -3.94. The van der Waals surface area contributed by atoms with Crippen molar-refractivity contribution in [2.75, 3.05) is 16.2 Å². The van der Waals surface area contributed by atoms with Crippen LogP contribution >= 0.6 is 15.9 Å². The molecule has 0 heterocycles. The molecule has 1 amide bonds. The number of nitrogens with one attached hydrogen (secondary N) is 1. The lowest BCUT2D eigenvalue weighted by Crippen LogP contribution is -2.38. The monoisotopic (exact) mass is 500 g/mol. The highest BCUT2D eigenvalue weighted by molar-refractivity contribution is 9.10. The Morgan fingerprint density at radius 2 is 1.58 bits per heavy atom. The molecule has 0 fully saturated rings. The van der Waals surface area contributed by atoms with Gasteiger partial charge in [-0.05, 0) is 60.9 Å². The molecule has 0 atom stereocenters. The molecule has 0 spiro atoms. The first kappa shape index (κ1) is 23.0. The van der Waals surface area contributed by atoms with E-state index in [9.17, 15) is 13.2 Å². The molecule has 1 N–H and O–H groups in total. The Bertz CT molecular complexity index is 1160. The van der Waals surface area contributed by atoms with Crippen molar-refractivity contribution in [3.8, 4) is 0 Å². The predicted octanol–water partition coefficient (Wildman–Crippen LogP) is 5.71. The molecule has 3 rings (SSSR count). The molecular formula is C24H25BrN2O3S. The predicted molar refractivity (Wildman–Crippen MR) is 129 cm³/mol. The van der Waals surface area contributed by atoms with E-state index in [1.807, 2.05) is 45.0 Å². The number of anilines is 2. The minimum Gasteiger partial charge on any atom is -0.324 e. The van der Waals surface area contributed by atoms with E-state index in [4.69, 9.17) is 0 Å². The van der Waals surface area contributed by atoms with E-state index >= 15 is 0 Å². The van der Waals surface area contributed by atoms with Gasteiger partial charge in [0.15, 0.2) is 0 Å². The van der Waals surface area contributed by atoms with Crippen LogP contribution in [-0.2, 0) is 14.8 Å². The number of rotatable bonds is 7. The number of para-hydroxylation sites is 1. The van der Waals surface area contributed by atoms with Gasteiger partial charge in [-0.25, -0.2) is 8.42 Å². The third kappa shape index (κ3) is 5.54. The number of halogens is 1. The Balaban J connectivity index is 1.95. The van der Waals surface area contributed by atoms with Gasteiger partial charge in [0, 0.05) is 10.2 Å². The number of sulfonamides is 1. The van der Waals surface area contributed by atoms with Gasteiger partial charge in [0.25, 0.3) is 10.0 Å². The van der Waals surface area contributed by atoms with Crippen molar-refractivity contribution in [3.05, 3.63) is 88.4 Å². The fraction of sp³-hybridized carbons (Fsp3) is 0.208. The van der Waals surface area contributed by atoms with Crippen LogP contribution in [0.5, 0.6) is 0 Å². The average molecular weight is 501 g/mol. The Morgan fingerprint density at radius 3 is 2.19 bits per heavy atom.